The van der Waals surface area contributed by atoms with Gasteiger partial charge in [-0.15, -0.1) is 0 Å². The number of aryl methyl sites for hydroxylation is 1. The fourth-order valence-electron chi connectivity index (χ4n) is 2.68. The zero-order valence-electron chi connectivity index (χ0n) is 14.5. The van der Waals surface area contributed by atoms with Crippen molar-refractivity contribution in [2.24, 2.45) is 11.8 Å². The van der Waals surface area contributed by atoms with E-state index in [1.807, 2.05) is 0 Å². The third kappa shape index (κ3) is 4.98. The molecule has 0 unspecified atom stereocenters. The van der Waals surface area contributed by atoms with Crippen molar-refractivity contribution in [2.75, 3.05) is 0 Å². The summed E-state index contributed by atoms with van der Waals surface area (Å²) in [7, 11) is 0. The molecule has 0 saturated carbocycles. The maximum Gasteiger partial charge on any atom is 0.307 e. The highest BCUT2D eigenvalue weighted by Crippen LogP contribution is 2.26. The minimum absolute atomic E-state index is 0.288. The molecule has 1 aliphatic carbocycles. The summed E-state index contributed by atoms with van der Waals surface area (Å²) in [5.41, 5.74) is 5.35. The van der Waals surface area contributed by atoms with E-state index in [0.29, 0.717) is 17.2 Å². The lowest BCUT2D eigenvalue weighted by molar-refractivity contribution is -0.147. The van der Waals surface area contributed by atoms with Gasteiger partial charge in [0.2, 0.25) is 5.91 Å². The molecule has 7 nitrogen and oxygen atoms in total. The number of hydrogen-bond acceptors (Lipinski definition) is 4. The molecule has 2 rings (SSSR count). The minimum atomic E-state index is -1.03. The van der Waals surface area contributed by atoms with E-state index in [1.54, 1.807) is 44.2 Å². The molecule has 0 radical (unpaired) electrons. The van der Waals surface area contributed by atoms with Crippen LogP contribution in [0.5, 0.6) is 5.75 Å². The number of rotatable bonds is 5. The van der Waals surface area contributed by atoms with E-state index < -0.39 is 35.7 Å². The highest BCUT2D eigenvalue weighted by molar-refractivity contribution is 6.30. The molecule has 140 valence electrons. The first kappa shape index (κ1) is 19.8. The van der Waals surface area contributed by atoms with Crippen molar-refractivity contribution < 1.29 is 24.2 Å². The maximum atomic E-state index is 12.2. The van der Waals surface area contributed by atoms with Crippen molar-refractivity contribution in [1.82, 2.24) is 10.9 Å². The molecule has 0 saturated heterocycles. The number of nitrogens with one attached hydrogen (secondary N) is 2. The number of benzene rings is 1. The van der Waals surface area contributed by atoms with Crippen LogP contribution in [-0.4, -0.2) is 29.0 Å². The number of carbonyl (C=O) groups is 3. The Kier molecular flexibility index (Phi) is 6.63. The summed E-state index contributed by atoms with van der Waals surface area (Å²) in [5, 5.41) is 9.77. The largest absolute Gasteiger partial charge is 0.481 e. The highest BCUT2D eigenvalue weighted by Gasteiger charge is 2.34. The van der Waals surface area contributed by atoms with Gasteiger partial charge in [-0.25, -0.2) is 0 Å². The van der Waals surface area contributed by atoms with E-state index >= 15 is 0 Å². The Hall–Kier alpha value is -2.54. The number of ether oxygens (including phenoxy) is 1. The molecule has 0 heterocycles. The number of halogens is 1. The Bertz CT molecular complexity index is 734. The number of aliphatic carboxylic acids is 1. The summed E-state index contributed by atoms with van der Waals surface area (Å²) >= 11 is 5.88. The Morgan fingerprint density at radius 3 is 2.46 bits per heavy atom. The lowest BCUT2D eigenvalue weighted by atomic mass is 9.82. The third-order valence-corrected chi connectivity index (χ3v) is 4.44. The zero-order valence-corrected chi connectivity index (χ0v) is 15.2. The van der Waals surface area contributed by atoms with Gasteiger partial charge in [-0.05, 0) is 50.5 Å². The quantitative estimate of drug-likeness (QED) is 0.536. The topological polar surface area (TPSA) is 105 Å². The van der Waals surface area contributed by atoms with Crippen LogP contribution in [-0.2, 0) is 14.4 Å². The lowest BCUT2D eigenvalue weighted by Gasteiger charge is -2.24. The molecule has 2 amide bonds. The molecule has 8 heteroatoms. The third-order valence-electron chi connectivity index (χ3n) is 4.21. The molecular weight excluding hydrogens is 360 g/mol. The summed E-state index contributed by atoms with van der Waals surface area (Å²) in [6.45, 7) is 3.34. The molecule has 1 aromatic carbocycles. The summed E-state index contributed by atoms with van der Waals surface area (Å²) in [6, 6.07) is 5.02. The smallest absolute Gasteiger partial charge is 0.307 e. The first-order valence-electron chi connectivity index (χ1n) is 8.20. The predicted molar refractivity (Wildman–Crippen MR) is 95.6 cm³/mol. The molecule has 0 fully saturated rings. The molecule has 0 spiro atoms. The van der Waals surface area contributed by atoms with Gasteiger partial charge in [-0.3, -0.25) is 25.2 Å². The molecular formula is C18H21ClN2O5. The predicted octanol–water partition coefficient (Wildman–Crippen LogP) is 2.23. The van der Waals surface area contributed by atoms with Crippen molar-refractivity contribution in [1.29, 1.82) is 0 Å². The van der Waals surface area contributed by atoms with Gasteiger partial charge >= 0.3 is 5.97 Å². The SMILES string of the molecule is Cc1cc(Cl)ccc1O[C@H](C)C(=O)NNC(=O)[C@H]1CC=CC[C@H]1C(=O)O. The normalized spacial score (nSPS) is 20.1. The molecule has 26 heavy (non-hydrogen) atoms. The maximum absolute atomic E-state index is 12.2. The first-order chi connectivity index (χ1) is 12.3. The molecule has 0 bridgehead atoms. The van der Waals surface area contributed by atoms with E-state index in [0.717, 1.165) is 5.56 Å². The van der Waals surface area contributed by atoms with Crippen LogP contribution in [0.1, 0.15) is 25.3 Å². The molecule has 0 aliphatic heterocycles. The van der Waals surface area contributed by atoms with E-state index in [9.17, 15) is 19.5 Å². The van der Waals surface area contributed by atoms with E-state index in [4.69, 9.17) is 16.3 Å². The van der Waals surface area contributed by atoms with Crippen molar-refractivity contribution >= 4 is 29.4 Å². The monoisotopic (exact) mass is 380 g/mol. The number of carboxylic acid groups (broad SMARTS) is 1. The van der Waals surface area contributed by atoms with Crippen molar-refractivity contribution in [2.45, 2.75) is 32.8 Å². The minimum Gasteiger partial charge on any atom is -0.481 e. The Labute approximate surface area is 156 Å². The lowest BCUT2D eigenvalue weighted by Crippen LogP contribution is -2.50. The second-order valence-electron chi connectivity index (χ2n) is 6.14. The van der Waals surface area contributed by atoms with Gasteiger partial charge in [0.25, 0.3) is 5.91 Å². The summed E-state index contributed by atoms with van der Waals surface area (Å²) in [5.74, 6) is -3.15. The van der Waals surface area contributed by atoms with E-state index in [1.165, 1.54) is 0 Å². The van der Waals surface area contributed by atoms with Crippen LogP contribution in [0.15, 0.2) is 30.4 Å². The average molecular weight is 381 g/mol. The highest BCUT2D eigenvalue weighted by atomic mass is 35.5. The van der Waals surface area contributed by atoms with Crippen LogP contribution in [0.4, 0.5) is 0 Å². The first-order valence-corrected chi connectivity index (χ1v) is 8.57. The number of allylic oxidation sites excluding steroid dienone is 2. The van der Waals surface area contributed by atoms with Gasteiger partial charge in [0.1, 0.15) is 5.75 Å². The second kappa shape index (κ2) is 8.71. The molecule has 1 aromatic rings. The molecule has 0 aromatic heterocycles. The summed E-state index contributed by atoms with van der Waals surface area (Å²) in [6.07, 6.45) is 3.24. The van der Waals surface area contributed by atoms with Crippen molar-refractivity contribution in [3.05, 3.63) is 40.9 Å². The van der Waals surface area contributed by atoms with Crippen LogP contribution >= 0.6 is 11.6 Å². The van der Waals surface area contributed by atoms with Crippen LogP contribution in [0.2, 0.25) is 5.02 Å². The number of amides is 2. The molecule has 3 atom stereocenters. The van der Waals surface area contributed by atoms with Gasteiger partial charge in [0, 0.05) is 5.02 Å². The Morgan fingerprint density at radius 2 is 1.85 bits per heavy atom. The molecule has 3 N–H and O–H groups in total. The summed E-state index contributed by atoms with van der Waals surface area (Å²) < 4.78 is 5.57. The fourth-order valence-corrected chi connectivity index (χ4v) is 2.91. The van der Waals surface area contributed by atoms with Gasteiger partial charge in [-0.1, -0.05) is 23.8 Å². The van der Waals surface area contributed by atoms with Crippen LogP contribution in [0.3, 0.4) is 0 Å². The van der Waals surface area contributed by atoms with E-state index in [2.05, 4.69) is 10.9 Å². The Balaban J connectivity index is 1.89. The van der Waals surface area contributed by atoms with Gasteiger partial charge in [0.05, 0.1) is 11.8 Å². The Morgan fingerprint density at radius 1 is 1.19 bits per heavy atom. The standard InChI is InChI=1S/C18H21ClN2O5/c1-10-9-12(19)7-8-15(10)26-11(2)16(22)20-21-17(23)13-5-3-4-6-14(13)18(24)25/h3-4,7-9,11,13-14H,5-6H2,1-2H3,(H,20,22)(H,21,23)(H,24,25)/t11-,13+,14-/m1/s1. The van der Waals surface area contributed by atoms with Gasteiger partial charge in [-0.2, -0.15) is 0 Å². The summed E-state index contributed by atoms with van der Waals surface area (Å²) in [4.78, 5) is 35.6. The van der Waals surface area contributed by atoms with Crippen LogP contribution < -0.4 is 15.6 Å². The van der Waals surface area contributed by atoms with Gasteiger partial charge < -0.3 is 9.84 Å². The van der Waals surface area contributed by atoms with Crippen LogP contribution in [0.25, 0.3) is 0 Å². The zero-order chi connectivity index (χ0) is 19.3. The van der Waals surface area contributed by atoms with Crippen molar-refractivity contribution in [3.8, 4) is 5.75 Å². The van der Waals surface area contributed by atoms with Crippen LogP contribution in [0, 0.1) is 18.8 Å². The number of carbonyl (C=O) groups excluding carboxylic acids is 2. The van der Waals surface area contributed by atoms with Gasteiger partial charge in [0.15, 0.2) is 6.10 Å². The number of hydrogen-bond donors (Lipinski definition) is 3. The number of carboxylic acids is 1. The second-order valence-corrected chi connectivity index (χ2v) is 6.58. The van der Waals surface area contributed by atoms with Crippen molar-refractivity contribution in [3.63, 3.8) is 0 Å². The average Bonchev–Trinajstić information content (AvgIpc) is 2.61. The van der Waals surface area contributed by atoms with E-state index in [-0.39, 0.29) is 6.42 Å². The number of hydrazine groups is 1. The molecule has 1 aliphatic rings. The fraction of sp³-hybridized carbons (Fsp3) is 0.389.